The van der Waals surface area contributed by atoms with Crippen LogP contribution in [0.4, 0.5) is 5.69 Å². The van der Waals surface area contributed by atoms with Crippen LogP contribution in [0.3, 0.4) is 0 Å². The summed E-state index contributed by atoms with van der Waals surface area (Å²) in [6.07, 6.45) is 0. The Morgan fingerprint density at radius 3 is 2.59 bits per heavy atom. The van der Waals surface area contributed by atoms with E-state index in [0.717, 1.165) is 15.4 Å². The summed E-state index contributed by atoms with van der Waals surface area (Å²) >= 11 is 1.48. The number of carboxylic acid groups (broad SMARTS) is 1. The number of aryl methyl sites for hydroxylation is 3. The van der Waals surface area contributed by atoms with Crippen LogP contribution in [-0.2, 0) is 4.79 Å². The van der Waals surface area contributed by atoms with Gasteiger partial charge in [-0.3, -0.25) is 4.79 Å². The van der Waals surface area contributed by atoms with Crippen molar-refractivity contribution >= 4 is 28.9 Å². The number of rotatable bonds is 5. The smallest absolute Gasteiger partial charge is 0.341 e. The SMILES string of the molecule is Cc1nc(C(=O)Nc2ccc(OCC(=O)O)cc2C)c(C)s1. The van der Waals surface area contributed by atoms with Gasteiger partial charge >= 0.3 is 5.97 Å². The van der Waals surface area contributed by atoms with Crippen molar-refractivity contribution in [3.63, 3.8) is 0 Å². The average Bonchev–Trinajstić information content (AvgIpc) is 2.78. The van der Waals surface area contributed by atoms with Crippen LogP contribution in [0.1, 0.15) is 25.9 Å². The molecule has 0 aliphatic rings. The first-order valence-corrected chi connectivity index (χ1v) is 7.39. The van der Waals surface area contributed by atoms with Crippen molar-refractivity contribution in [3.05, 3.63) is 39.3 Å². The van der Waals surface area contributed by atoms with Gasteiger partial charge in [0, 0.05) is 10.6 Å². The summed E-state index contributed by atoms with van der Waals surface area (Å²) in [5.41, 5.74) is 1.84. The number of carboxylic acids is 1. The average molecular weight is 320 g/mol. The van der Waals surface area contributed by atoms with Gasteiger partial charge in [-0.05, 0) is 44.5 Å². The summed E-state index contributed by atoms with van der Waals surface area (Å²) in [5.74, 6) is -0.854. The molecule has 22 heavy (non-hydrogen) atoms. The van der Waals surface area contributed by atoms with Crippen LogP contribution in [0.15, 0.2) is 18.2 Å². The number of benzene rings is 1. The van der Waals surface area contributed by atoms with Crippen molar-refractivity contribution in [2.75, 3.05) is 11.9 Å². The molecule has 1 aromatic carbocycles. The molecule has 116 valence electrons. The zero-order valence-corrected chi connectivity index (χ0v) is 13.3. The highest BCUT2D eigenvalue weighted by Crippen LogP contribution is 2.23. The van der Waals surface area contributed by atoms with Crippen molar-refractivity contribution in [2.45, 2.75) is 20.8 Å². The maximum absolute atomic E-state index is 12.2. The van der Waals surface area contributed by atoms with E-state index < -0.39 is 12.6 Å². The van der Waals surface area contributed by atoms with Gasteiger partial charge in [-0.25, -0.2) is 9.78 Å². The maximum atomic E-state index is 12.2. The minimum absolute atomic E-state index is 0.260. The van der Waals surface area contributed by atoms with Crippen LogP contribution >= 0.6 is 11.3 Å². The third-order valence-electron chi connectivity index (χ3n) is 2.93. The first-order valence-electron chi connectivity index (χ1n) is 6.57. The molecule has 0 aliphatic carbocycles. The molecule has 0 radical (unpaired) electrons. The molecule has 2 aromatic rings. The second-order valence-electron chi connectivity index (χ2n) is 4.75. The molecular weight excluding hydrogens is 304 g/mol. The molecule has 0 saturated heterocycles. The number of anilines is 1. The van der Waals surface area contributed by atoms with E-state index in [1.807, 2.05) is 20.8 Å². The number of amides is 1. The van der Waals surface area contributed by atoms with E-state index in [9.17, 15) is 9.59 Å². The standard InChI is InChI=1S/C15H16N2O4S/c1-8-6-11(21-7-13(18)19)4-5-12(8)17-15(20)14-9(2)22-10(3)16-14/h4-6H,7H2,1-3H3,(H,17,20)(H,18,19). The molecule has 0 unspecified atom stereocenters. The quantitative estimate of drug-likeness (QED) is 0.884. The van der Waals surface area contributed by atoms with Gasteiger partial charge in [-0.15, -0.1) is 11.3 Å². The summed E-state index contributed by atoms with van der Waals surface area (Å²) in [5, 5.41) is 12.2. The van der Waals surface area contributed by atoms with Gasteiger partial charge in [0.05, 0.1) is 5.01 Å². The molecule has 0 aliphatic heterocycles. The highest BCUT2D eigenvalue weighted by molar-refractivity contribution is 7.11. The Balaban J connectivity index is 2.11. The van der Waals surface area contributed by atoms with E-state index in [1.165, 1.54) is 11.3 Å². The van der Waals surface area contributed by atoms with Crippen molar-refractivity contribution in [2.24, 2.45) is 0 Å². The van der Waals surface area contributed by atoms with Gasteiger partial charge in [-0.2, -0.15) is 0 Å². The van der Waals surface area contributed by atoms with Gasteiger partial charge < -0.3 is 15.2 Å². The van der Waals surface area contributed by atoms with E-state index >= 15 is 0 Å². The summed E-state index contributed by atoms with van der Waals surface area (Å²) in [6.45, 7) is 5.12. The zero-order chi connectivity index (χ0) is 16.3. The summed E-state index contributed by atoms with van der Waals surface area (Å²) in [7, 11) is 0. The van der Waals surface area contributed by atoms with E-state index in [2.05, 4.69) is 10.3 Å². The number of nitrogens with one attached hydrogen (secondary N) is 1. The van der Waals surface area contributed by atoms with Crippen molar-refractivity contribution in [1.82, 2.24) is 4.98 Å². The molecule has 6 nitrogen and oxygen atoms in total. The molecule has 2 rings (SSSR count). The summed E-state index contributed by atoms with van der Waals surface area (Å²) in [6, 6.07) is 4.97. The van der Waals surface area contributed by atoms with Gasteiger partial charge in [-0.1, -0.05) is 0 Å². The monoisotopic (exact) mass is 320 g/mol. The number of hydrogen-bond donors (Lipinski definition) is 2. The van der Waals surface area contributed by atoms with Gasteiger partial charge in [0.2, 0.25) is 0 Å². The molecular formula is C15H16N2O4S. The van der Waals surface area contributed by atoms with E-state index in [4.69, 9.17) is 9.84 Å². The zero-order valence-electron chi connectivity index (χ0n) is 12.5. The number of nitrogens with zero attached hydrogens (tertiary/aromatic N) is 1. The molecule has 2 N–H and O–H groups in total. The molecule has 1 amide bonds. The minimum atomic E-state index is -1.04. The lowest BCUT2D eigenvalue weighted by Gasteiger charge is -2.10. The molecule has 0 bridgehead atoms. The maximum Gasteiger partial charge on any atom is 0.341 e. The van der Waals surface area contributed by atoms with Gasteiger partial charge in [0.1, 0.15) is 11.4 Å². The lowest BCUT2D eigenvalue weighted by Crippen LogP contribution is -2.14. The number of carbonyl (C=O) groups excluding carboxylic acids is 1. The summed E-state index contributed by atoms with van der Waals surface area (Å²) < 4.78 is 5.09. The van der Waals surface area contributed by atoms with Crippen LogP contribution in [0, 0.1) is 20.8 Å². The fraction of sp³-hybridized carbons (Fsp3) is 0.267. The van der Waals surface area contributed by atoms with Crippen LogP contribution in [0.5, 0.6) is 5.75 Å². The fourth-order valence-corrected chi connectivity index (χ4v) is 2.75. The lowest BCUT2D eigenvalue weighted by molar-refractivity contribution is -0.139. The topological polar surface area (TPSA) is 88.5 Å². The molecule has 1 heterocycles. The number of hydrogen-bond acceptors (Lipinski definition) is 5. The largest absolute Gasteiger partial charge is 0.482 e. The van der Waals surface area contributed by atoms with Gasteiger partial charge in [0.15, 0.2) is 6.61 Å². The predicted octanol–water partition coefficient (Wildman–Crippen LogP) is 2.78. The van der Waals surface area contributed by atoms with Gasteiger partial charge in [0.25, 0.3) is 5.91 Å². The Morgan fingerprint density at radius 1 is 1.32 bits per heavy atom. The minimum Gasteiger partial charge on any atom is -0.482 e. The van der Waals surface area contributed by atoms with E-state index in [-0.39, 0.29) is 5.91 Å². The number of aromatic nitrogens is 1. The number of ether oxygens (including phenoxy) is 1. The molecule has 1 aromatic heterocycles. The Kier molecular flexibility index (Phi) is 4.77. The number of thiazole rings is 1. The fourth-order valence-electron chi connectivity index (χ4n) is 1.93. The molecule has 0 fully saturated rings. The lowest BCUT2D eigenvalue weighted by atomic mass is 10.2. The van der Waals surface area contributed by atoms with Crippen molar-refractivity contribution < 1.29 is 19.4 Å². The Hall–Kier alpha value is -2.41. The number of carbonyl (C=O) groups is 2. The third-order valence-corrected chi connectivity index (χ3v) is 3.81. The Bertz CT molecular complexity index is 724. The van der Waals surface area contributed by atoms with Crippen LogP contribution in [-0.4, -0.2) is 28.6 Å². The van der Waals surface area contributed by atoms with Crippen molar-refractivity contribution in [1.29, 1.82) is 0 Å². The van der Waals surface area contributed by atoms with Crippen LogP contribution in [0.2, 0.25) is 0 Å². The highest BCUT2D eigenvalue weighted by atomic mass is 32.1. The second kappa shape index (κ2) is 6.57. The molecule has 0 spiro atoms. The molecule has 0 saturated carbocycles. The summed E-state index contributed by atoms with van der Waals surface area (Å²) in [4.78, 5) is 27.8. The van der Waals surface area contributed by atoms with Crippen LogP contribution in [0.25, 0.3) is 0 Å². The van der Waals surface area contributed by atoms with E-state index in [1.54, 1.807) is 18.2 Å². The molecule has 0 atom stereocenters. The van der Waals surface area contributed by atoms with Crippen LogP contribution < -0.4 is 10.1 Å². The second-order valence-corrected chi connectivity index (χ2v) is 6.16. The number of aliphatic carboxylic acids is 1. The normalized spacial score (nSPS) is 10.3. The highest BCUT2D eigenvalue weighted by Gasteiger charge is 2.15. The Labute approximate surface area is 131 Å². The first-order chi connectivity index (χ1) is 10.4. The predicted molar refractivity (Wildman–Crippen MR) is 83.9 cm³/mol. The molecule has 7 heteroatoms. The first kappa shape index (κ1) is 16.0. The third kappa shape index (κ3) is 3.82. The van der Waals surface area contributed by atoms with Crippen molar-refractivity contribution in [3.8, 4) is 5.75 Å². The van der Waals surface area contributed by atoms with E-state index in [0.29, 0.717) is 17.1 Å². The Morgan fingerprint density at radius 2 is 2.05 bits per heavy atom.